The molecule has 232 valence electrons. The van der Waals surface area contributed by atoms with Gasteiger partial charge in [-0.05, 0) is 6.07 Å². The molecule has 0 amide bonds. The number of fused-ring (bicyclic) bond motifs is 1. The number of rotatable bonds is 4. The van der Waals surface area contributed by atoms with Crippen molar-refractivity contribution in [3.8, 4) is 11.3 Å². The second-order valence-electron chi connectivity index (χ2n) is 8.95. The van der Waals surface area contributed by atoms with E-state index in [2.05, 4.69) is 29.3 Å². The Balaban J connectivity index is 0.000000303. The van der Waals surface area contributed by atoms with Crippen molar-refractivity contribution < 1.29 is 50.5 Å². The number of hydrogen-bond acceptors (Lipinski definition) is 7. The van der Waals surface area contributed by atoms with Crippen molar-refractivity contribution in [2.24, 2.45) is 7.05 Å². The number of carboxylic acids is 2. The van der Waals surface area contributed by atoms with Gasteiger partial charge in [0.2, 0.25) is 0 Å². The van der Waals surface area contributed by atoms with Crippen molar-refractivity contribution >= 4 is 23.4 Å². The normalized spacial score (nSPS) is 14.0. The van der Waals surface area contributed by atoms with Crippen LogP contribution in [0.1, 0.15) is 5.56 Å². The van der Waals surface area contributed by atoms with E-state index in [0.717, 1.165) is 54.5 Å². The number of aryl methyl sites for hydroxylation is 1. The molecule has 11 nitrogen and oxygen atoms in total. The van der Waals surface area contributed by atoms with Crippen molar-refractivity contribution in [3.63, 3.8) is 0 Å². The third-order valence-electron chi connectivity index (χ3n) is 5.92. The molecule has 43 heavy (non-hydrogen) atoms. The Bertz CT molecular complexity index is 1520. The monoisotopic (exact) mass is 619 g/mol. The van der Waals surface area contributed by atoms with Crippen molar-refractivity contribution in [1.29, 1.82) is 0 Å². The Morgan fingerprint density at radius 3 is 2.00 bits per heavy atom. The fraction of sp³-hybridized carbons (Fsp3) is 0.320. The van der Waals surface area contributed by atoms with Crippen LogP contribution in [0.5, 0.6) is 0 Å². The number of benzene rings is 1. The van der Waals surface area contributed by atoms with Crippen LogP contribution >= 0.6 is 0 Å². The standard InChI is InChI=1S/C21H22FN7.2C2HF3O2/c1-26-14-17(12-25-26)19-13-24-21-20(23-6-7-29(19)21)28-10-8-27(9-11-28)15-16-4-2-3-5-18(16)22;2*3-2(4,5)1(6)7/h2-7,12-14H,8-11,15H2,1H3;2*(H,6,7). The van der Waals surface area contributed by atoms with Crippen LogP contribution in [0.4, 0.5) is 36.6 Å². The van der Waals surface area contributed by atoms with E-state index in [0.29, 0.717) is 6.54 Å². The van der Waals surface area contributed by atoms with Gasteiger partial charge in [-0.15, -0.1) is 0 Å². The molecular formula is C25H24F7N7O4. The lowest BCUT2D eigenvalue weighted by atomic mass is 10.2. The molecule has 3 aromatic heterocycles. The average Bonchev–Trinajstić information content (AvgIpc) is 3.56. The summed E-state index contributed by atoms with van der Waals surface area (Å²) in [5.41, 5.74) is 3.60. The van der Waals surface area contributed by atoms with Gasteiger partial charge in [-0.1, -0.05) is 18.2 Å². The zero-order valence-electron chi connectivity index (χ0n) is 22.2. The van der Waals surface area contributed by atoms with Gasteiger partial charge in [0.1, 0.15) is 5.82 Å². The number of hydrogen-bond donors (Lipinski definition) is 2. The van der Waals surface area contributed by atoms with Crippen molar-refractivity contribution in [1.82, 2.24) is 29.0 Å². The first-order chi connectivity index (χ1) is 20.1. The number of carboxylic acid groups (broad SMARTS) is 2. The highest BCUT2D eigenvalue weighted by Gasteiger charge is 2.38. The van der Waals surface area contributed by atoms with E-state index in [9.17, 15) is 30.7 Å². The minimum atomic E-state index is -5.08. The smallest absolute Gasteiger partial charge is 0.475 e. The minimum absolute atomic E-state index is 0.137. The van der Waals surface area contributed by atoms with E-state index in [1.165, 1.54) is 6.07 Å². The van der Waals surface area contributed by atoms with Crippen LogP contribution < -0.4 is 4.90 Å². The fourth-order valence-corrected chi connectivity index (χ4v) is 3.88. The first-order valence-corrected chi connectivity index (χ1v) is 12.2. The van der Waals surface area contributed by atoms with Crippen molar-refractivity contribution in [3.05, 3.63) is 66.6 Å². The zero-order valence-corrected chi connectivity index (χ0v) is 22.2. The van der Waals surface area contributed by atoms with E-state index in [1.807, 2.05) is 50.2 Å². The van der Waals surface area contributed by atoms with Gasteiger partial charge in [-0.2, -0.15) is 31.4 Å². The van der Waals surface area contributed by atoms with Crippen molar-refractivity contribution in [2.75, 3.05) is 31.1 Å². The van der Waals surface area contributed by atoms with Crippen LogP contribution in [0.15, 0.2) is 55.2 Å². The van der Waals surface area contributed by atoms with Gasteiger partial charge in [0.05, 0.1) is 18.1 Å². The van der Waals surface area contributed by atoms with E-state index >= 15 is 0 Å². The van der Waals surface area contributed by atoms with Crippen LogP contribution in [0.25, 0.3) is 16.9 Å². The molecule has 1 aromatic carbocycles. The molecule has 0 unspecified atom stereocenters. The molecule has 1 aliphatic heterocycles. The fourth-order valence-electron chi connectivity index (χ4n) is 3.88. The number of aliphatic carboxylic acids is 2. The van der Waals surface area contributed by atoms with Crippen LogP contribution in [0.2, 0.25) is 0 Å². The number of aromatic nitrogens is 5. The maximum atomic E-state index is 13.9. The maximum absolute atomic E-state index is 13.9. The summed E-state index contributed by atoms with van der Waals surface area (Å²) in [6.45, 7) is 4.00. The average molecular weight is 619 g/mol. The van der Waals surface area contributed by atoms with E-state index in [-0.39, 0.29) is 5.82 Å². The Morgan fingerprint density at radius 1 is 0.907 bits per heavy atom. The summed E-state index contributed by atoms with van der Waals surface area (Å²) in [5, 5.41) is 18.5. The molecule has 1 aliphatic rings. The first kappa shape index (κ1) is 32.8. The Morgan fingerprint density at radius 2 is 1.49 bits per heavy atom. The van der Waals surface area contributed by atoms with Gasteiger partial charge in [0.15, 0.2) is 11.5 Å². The summed E-state index contributed by atoms with van der Waals surface area (Å²) >= 11 is 0. The lowest BCUT2D eigenvalue weighted by molar-refractivity contribution is -0.193. The summed E-state index contributed by atoms with van der Waals surface area (Å²) < 4.78 is 81.3. The zero-order chi connectivity index (χ0) is 31.9. The highest BCUT2D eigenvalue weighted by atomic mass is 19.4. The number of nitrogens with zero attached hydrogens (tertiary/aromatic N) is 7. The van der Waals surface area contributed by atoms with Crippen LogP contribution in [0, 0.1) is 5.82 Å². The molecule has 0 aliphatic carbocycles. The summed E-state index contributed by atoms with van der Waals surface area (Å²) in [6.07, 6.45) is -0.736. The van der Waals surface area contributed by atoms with Crippen molar-refractivity contribution in [2.45, 2.75) is 18.9 Å². The predicted octanol–water partition coefficient (Wildman–Crippen LogP) is 3.86. The molecular weight excluding hydrogens is 595 g/mol. The Hall–Kier alpha value is -4.74. The largest absolute Gasteiger partial charge is 0.490 e. The van der Waals surface area contributed by atoms with E-state index in [1.54, 1.807) is 10.7 Å². The molecule has 0 saturated carbocycles. The molecule has 5 rings (SSSR count). The van der Waals surface area contributed by atoms with E-state index < -0.39 is 24.3 Å². The maximum Gasteiger partial charge on any atom is 0.490 e. The van der Waals surface area contributed by atoms with Gasteiger partial charge >= 0.3 is 24.3 Å². The molecule has 2 N–H and O–H groups in total. The molecule has 4 aromatic rings. The number of alkyl halides is 6. The van der Waals surface area contributed by atoms with Gasteiger partial charge in [-0.3, -0.25) is 14.0 Å². The number of carbonyl (C=O) groups is 2. The molecule has 4 heterocycles. The summed E-state index contributed by atoms with van der Waals surface area (Å²) in [4.78, 5) is 31.6. The molecule has 1 fully saturated rings. The highest BCUT2D eigenvalue weighted by Crippen LogP contribution is 2.26. The van der Waals surface area contributed by atoms with E-state index in [4.69, 9.17) is 19.8 Å². The number of halogens is 7. The summed E-state index contributed by atoms with van der Waals surface area (Å²) in [7, 11) is 1.90. The van der Waals surface area contributed by atoms with Gasteiger partial charge in [0.25, 0.3) is 0 Å². The SMILES string of the molecule is Cn1cc(-c2cnc3c(N4CCN(Cc5ccccc5F)CC4)nccn23)cn1.O=C(O)C(F)(F)F.O=C(O)C(F)(F)F. The third kappa shape index (κ3) is 8.87. The van der Waals surface area contributed by atoms with Gasteiger partial charge in [0, 0.05) is 69.5 Å². The molecule has 0 spiro atoms. The molecule has 1 saturated heterocycles. The molecule has 0 radical (unpaired) electrons. The third-order valence-corrected chi connectivity index (χ3v) is 5.92. The summed E-state index contributed by atoms with van der Waals surface area (Å²) in [6, 6.07) is 6.99. The van der Waals surface area contributed by atoms with Crippen LogP contribution in [0.3, 0.4) is 0 Å². The summed E-state index contributed by atoms with van der Waals surface area (Å²) in [5.74, 6) is -4.77. The molecule has 18 heteroatoms. The van der Waals surface area contributed by atoms with Gasteiger partial charge in [-0.25, -0.2) is 23.9 Å². The first-order valence-electron chi connectivity index (χ1n) is 12.2. The Kier molecular flexibility index (Phi) is 10.3. The second-order valence-corrected chi connectivity index (χ2v) is 8.95. The van der Waals surface area contributed by atoms with Crippen LogP contribution in [-0.4, -0.2) is 89.7 Å². The Labute approximate surface area is 238 Å². The predicted molar refractivity (Wildman–Crippen MR) is 136 cm³/mol. The molecule has 0 bridgehead atoms. The number of piperazine rings is 1. The topological polar surface area (TPSA) is 129 Å². The second kappa shape index (κ2) is 13.5. The van der Waals surface area contributed by atoms with Gasteiger partial charge < -0.3 is 15.1 Å². The molecule has 0 atom stereocenters. The number of imidazole rings is 1. The quantitative estimate of drug-likeness (QED) is 0.327. The van der Waals surface area contributed by atoms with Crippen LogP contribution in [-0.2, 0) is 23.2 Å². The highest BCUT2D eigenvalue weighted by molar-refractivity contribution is 5.73. The lowest BCUT2D eigenvalue weighted by Crippen LogP contribution is -2.46. The lowest BCUT2D eigenvalue weighted by Gasteiger charge is -2.35. The minimum Gasteiger partial charge on any atom is -0.475 e. The number of anilines is 1.